The molecule has 3 rings (SSSR count). The van der Waals surface area contributed by atoms with Gasteiger partial charge in [-0.3, -0.25) is 4.79 Å². The summed E-state index contributed by atoms with van der Waals surface area (Å²) in [7, 11) is 0. The molecule has 0 fully saturated rings. The third kappa shape index (κ3) is 1.99. The monoisotopic (exact) mass is 253 g/mol. The lowest BCUT2D eigenvalue weighted by molar-refractivity contribution is -0.115. The Bertz CT molecular complexity index is 669. The summed E-state index contributed by atoms with van der Waals surface area (Å²) in [5.74, 6) is 1.31. The van der Waals surface area contributed by atoms with E-state index in [0.717, 1.165) is 22.3 Å². The van der Waals surface area contributed by atoms with Crippen LogP contribution in [0.2, 0.25) is 0 Å². The van der Waals surface area contributed by atoms with E-state index in [-0.39, 0.29) is 5.91 Å². The van der Waals surface area contributed by atoms with Gasteiger partial charge in [0.25, 0.3) is 0 Å². The first-order chi connectivity index (χ1) is 9.04. The van der Waals surface area contributed by atoms with Gasteiger partial charge in [0.05, 0.1) is 6.42 Å². The van der Waals surface area contributed by atoms with Gasteiger partial charge in [-0.2, -0.15) is 0 Å². The van der Waals surface area contributed by atoms with Gasteiger partial charge in [0, 0.05) is 17.3 Å². The van der Waals surface area contributed by atoms with E-state index in [1.54, 1.807) is 6.20 Å². The lowest BCUT2D eigenvalue weighted by atomic mass is 9.99. The molecule has 0 bridgehead atoms. The zero-order chi connectivity index (χ0) is 13.6. The van der Waals surface area contributed by atoms with Crippen LogP contribution in [0.1, 0.15) is 22.3 Å². The summed E-state index contributed by atoms with van der Waals surface area (Å²) in [4.78, 5) is 20.2. The molecule has 4 nitrogen and oxygen atoms in total. The minimum absolute atomic E-state index is 0.0150. The van der Waals surface area contributed by atoms with Crippen molar-refractivity contribution in [2.24, 2.45) is 0 Å². The van der Waals surface area contributed by atoms with Gasteiger partial charge in [-0.15, -0.1) is 0 Å². The van der Waals surface area contributed by atoms with Crippen molar-refractivity contribution in [1.82, 2.24) is 9.97 Å². The number of fused-ring (bicyclic) bond motifs is 1. The molecular weight excluding hydrogens is 238 g/mol. The van der Waals surface area contributed by atoms with Crippen LogP contribution in [0.15, 0.2) is 18.3 Å². The molecule has 0 unspecified atom stereocenters. The fourth-order valence-corrected chi connectivity index (χ4v) is 2.65. The second-order valence-corrected chi connectivity index (χ2v) is 5.07. The van der Waals surface area contributed by atoms with Crippen LogP contribution in [0.4, 0.5) is 5.82 Å². The molecule has 19 heavy (non-hydrogen) atoms. The number of amides is 1. The van der Waals surface area contributed by atoms with Crippen molar-refractivity contribution >= 4 is 11.7 Å². The van der Waals surface area contributed by atoms with Crippen molar-refractivity contribution in [3.05, 3.63) is 40.6 Å². The number of carbonyl (C=O) groups excluding carboxylic acids is 1. The maximum Gasteiger partial charge on any atom is 0.230 e. The zero-order valence-corrected chi connectivity index (χ0v) is 11.2. The second-order valence-electron chi connectivity index (χ2n) is 5.07. The molecule has 0 saturated carbocycles. The van der Waals surface area contributed by atoms with E-state index in [9.17, 15) is 4.79 Å². The molecule has 96 valence electrons. The zero-order valence-electron chi connectivity index (χ0n) is 11.2. The topological polar surface area (TPSA) is 54.9 Å². The van der Waals surface area contributed by atoms with Crippen LogP contribution in [0.3, 0.4) is 0 Å². The number of rotatable bonds is 1. The van der Waals surface area contributed by atoms with E-state index < -0.39 is 0 Å². The molecule has 1 amide bonds. The number of aromatic nitrogens is 2. The normalized spacial score (nSPS) is 13.3. The second kappa shape index (κ2) is 4.16. The quantitative estimate of drug-likeness (QED) is 0.849. The molecule has 1 aromatic carbocycles. The Balaban J connectivity index is 2.14. The van der Waals surface area contributed by atoms with Crippen LogP contribution in [-0.4, -0.2) is 15.9 Å². The van der Waals surface area contributed by atoms with Crippen LogP contribution in [0.25, 0.3) is 11.4 Å². The maximum absolute atomic E-state index is 11.3. The molecule has 1 N–H and O–H groups in total. The Kier molecular flexibility index (Phi) is 2.59. The number of anilines is 1. The van der Waals surface area contributed by atoms with Gasteiger partial charge in [-0.1, -0.05) is 17.7 Å². The summed E-state index contributed by atoms with van der Waals surface area (Å²) in [5.41, 5.74) is 5.46. The highest BCUT2D eigenvalue weighted by atomic mass is 16.1. The average molecular weight is 253 g/mol. The molecule has 2 aromatic rings. The number of hydrogen-bond donors (Lipinski definition) is 1. The molecule has 2 heterocycles. The molecule has 4 heteroatoms. The van der Waals surface area contributed by atoms with Gasteiger partial charge < -0.3 is 5.32 Å². The summed E-state index contributed by atoms with van der Waals surface area (Å²) in [6, 6.07) is 4.25. The van der Waals surface area contributed by atoms with Gasteiger partial charge in [-0.25, -0.2) is 9.97 Å². The third-order valence-electron chi connectivity index (χ3n) is 3.37. The maximum atomic E-state index is 11.3. The number of benzene rings is 1. The van der Waals surface area contributed by atoms with Gasteiger partial charge in [0.1, 0.15) is 5.82 Å². The largest absolute Gasteiger partial charge is 0.310 e. The highest BCUT2D eigenvalue weighted by Gasteiger charge is 2.21. The lowest BCUT2D eigenvalue weighted by Gasteiger charge is -2.10. The first-order valence-electron chi connectivity index (χ1n) is 6.28. The lowest BCUT2D eigenvalue weighted by Crippen LogP contribution is -2.04. The summed E-state index contributed by atoms with van der Waals surface area (Å²) in [6.07, 6.45) is 2.12. The minimum Gasteiger partial charge on any atom is -0.310 e. The third-order valence-corrected chi connectivity index (χ3v) is 3.37. The van der Waals surface area contributed by atoms with Crippen LogP contribution < -0.4 is 5.32 Å². The van der Waals surface area contributed by atoms with E-state index in [4.69, 9.17) is 0 Å². The van der Waals surface area contributed by atoms with E-state index in [1.165, 1.54) is 5.56 Å². The molecule has 1 aliphatic heterocycles. The van der Waals surface area contributed by atoms with E-state index in [0.29, 0.717) is 18.1 Å². The van der Waals surface area contributed by atoms with Gasteiger partial charge in [0.2, 0.25) is 5.91 Å². The van der Waals surface area contributed by atoms with Crippen molar-refractivity contribution in [3.8, 4) is 11.4 Å². The smallest absolute Gasteiger partial charge is 0.230 e. The minimum atomic E-state index is -0.0150. The van der Waals surface area contributed by atoms with E-state index >= 15 is 0 Å². The molecule has 0 atom stereocenters. The van der Waals surface area contributed by atoms with E-state index in [2.05, 4.69) is 48.2 Å². The van der Waals surface area contributed by atoms with Gasteiger partial charge in [0.15, 0.2) is 5.82 Å². The predicted molar refractivity (Wildman–Crippen MR) is 74.0 cm³/mol. The van der Waals surface area contributed by atoms with Crippen molar-refractivity contribution in [2.45, 2.75) is 27.2 Å². The molecule has 1 aromatic heterocycles. The van der Waals surface area contributed by atoms with Crippen molar-refractivity contribution in [2.75, 3.05) is 5.32 Å². The molecule has 0 spiro atoms. The Labute approximate surface area is 111 Å². The predicted octanol–water partition coefficient (Wildman–Crippen LogP) is 2.56. The first-order valence-corrected chi connectivity index (χ1v) is 6.28. The number of hydrogen-bond acceptors (Lipinski definition) is 3. The van der Waals surface area contributed by atoms with Crippen LogP contribution in [-0.2, 0) is 11.2 Å². The Morgan fingerprint density at radius 1 is 1.16 bits per heavy atom. The first kappa shape index (κ1) is 11.8. The number of nitrogens with one attached hydrogen (secondary N) is 1. The SMILES string of the molecule is Cc1cc(C)c(-c2ncc3c(n2)NC(=O)C3)c(C)c1. The highest BCUT2D eigenvalue weighted by molar-refractivity contribution is 5.98. The Morgan fingerprint density at radius 3 is 2.53 bits per heavy atom. The Hall–Kier alpha value is -2.23. The molecule has 0 aliphatic carbocycles. The molecule has 0 radical (unpaired) electrons. The molecular formula is C15H15N3O. The van der Waals surface area contributed by atoms with Gasteiger partial charge >= 0.3 is 0 Å². The van der Waals surface area contributed by atoms with Crippen LogP contribution >= 0.6 is 0 Å². The number of aryl methyl sites for hydroxylation is 3. The highest BCUT2D eigenvalue weighted by Crippen LogP contribution is 2.28. The number of nitrogens with zero attached hydrogens (tertiary/aromatic N) is 2. The molecule has 1 aliphatic rings. The summed E-state index contributed by atoms with van der Waals surface area (Å²) < 4.78 is 0. The fourth-order valence-electron chi connectivity index (χ4n) is 2.65. The average Bonchev–Trinajstić information content (AvgIpc) is 2.67. The summed E-state index contributed by atoms with van der Waals surface area (Å²) in [5, 5.41) is 2.77. The van der Waals surface area contributed by atoms with Crippen molar-refractivity contribution in [1.29, 1.82) is 0 Å². The Morgan fingerprint density at radius 2 is 1.84 bits per heavy atom. The van der Waals surface area contributed by atoms with Gasteiger partial charge in [-0.05, 0) is 31.9 Å². The summed E-state index contributed by atoms with van der Waals surface area (Å²) in [6.45, 7) is 6.20. The fraction of sp³-hybridized carbons (Fsp3) is 0.267. The number of carbonyl (C=O) groups is 1. The summed E-state index contributed by atoms with van der Waals surface area (Å²) >= 11 is 0. The van der Waals surface area contributed by atoms with E-state index in [1.807, 2.05) is 0 Å². The van der Waals surface area contributed by atoms with Crippen molar-refractivity contribution < 1.29 is 4.79 Å². The molecule has 0 saturated heterocycles. The van der Waals surface area contributed by atoms with Crippen LogP contribution in [0.5, 0.6) is 0 Å². The standard InChI is InChI=1S/C15H15N3O/c1-8-4-9(2)13(10(3)5-8)15-16-7-11-6-12(19)17-14(11)18-15/h4-5,7H,6H2,1-3H3,(H,16,17,18,19). The van der Waals surface area contributed by atoms with Crippen molar-refractivity contribution in [3.63, 3.8) is 0 Å². The van der Waals surface area contributed by atoms with Crippen LogP contribution in [0, 0.1) is 20.8 Å².